The second-order valence-electron chi connectivity index (χ2n) is 5.87. The van der Waals surface area contributed by atoms with E-state index in [0.717, 1.165) is 18.7 Å². The number of hydrogen-bond acceptors (Lipinski definition) is 2. The molecule has 0 aromatic heterocycles. The maximum Gasteiger partial charge on any atom is 0.0991 e. The van der Waals surface area contributed by atoms with Crippen molar-refractivity contribution in [3.63, 3.8) is 0 Å². The van der Waals surface area contributed by atoms with Gasteiger partial charge in [0.05, 0.1) is 11.6 Å². The van der Waals surface area contributed by atoms with Crippen LogP contribution in [0.5, 0.6) is 0 Å². The van der Waals surface area contributed by atoms with Crippen molar-refractivity contribution < 1.29 is 0 Å². The molecule has 23 heavy (non-hydrogen) atoms. The molecule has 110 valence electrons. The molecule has 0 saturated carbocycles. The summed E-state index contributed by atoms with van der Waals surface area (Å²) in [7, 11) is 0. The number of nitriles is 1. The van der Waals surface area contributed by atoms with Crippen LogP contribution in [0.15, 0.2) is 66.7 Å². The average Bonchev–Trinajstić information content (AvgIpc) is 2.98. The van der Waals surface area contributed by atoms with E-state index in [4.69, 9.17) is 5.26 Å². The van der Waals surface area contributed by atoms with E-state index < -0.39 is 0 Å². The smallest absolute Gasteiger partial charge is 0.0991 e. The highest BCUT2D eigenvalue weighted by atomic mass is 14.9. The molecule has 0 fully saturated rings. The minimum atomic E-state index is 0.698. The monoisotopic (exact) mass is 296 g/mol. The lowest BCUT2D eigenvalue weighted by Gasteiger charge is -2.09. The Hall–Kier alpha value is -3.05. The number of nitrogens with zero attached hydrogens (tertiary/aromatic N) is 1. The molecule has 2 heteroatoms. The summed E-state index contributed by atoms with van der Waals surface area (Å²) in [4.78, 5) is 0. The molecular weight excluding hydrogens is 280 g/mol. The van der Waals surface area contributed by atoms with E-state index in [-0.39, 0.29) is 0 Å². The quantitative estimate of drug-likeness (QED) is 0.592. The number of rotatable bonds is 3. The van der Waals surface area contributed by atoms with E-state index in [0.29, 0.717) is 5.56 Å². The first kappa shape index (κ1) is 13.6. The van der Waals surface area contributed by atoms with Gasteiger partial charge in [-0.15, -0.1) is 0 Å². The van der Waals surface area contributed by atoms with E-state index in [1.165, 1.54) is 27.8 Å². The molecule has 0 unspecified atom stereocenters. The molecule has 0 saturated heterocycles. The highest BCUT2D eigenvalue weighted by Gasteiger charge is 2.17. The van der Waals surface area contributed by atoms with Gasteiger partial charge in [-0.2, -0.15) is 5.26 Å². The first-order valence-corrected chi connectivity index (χ1v) is 7.77. The van der Waals surface area contributed by atoms with Crippen LogP contribution < -0.4 is 5.32 Å². The lowest BCUT2D eigenvalue weighted by Crippen LogP contribution is -1.99. The zero-order valence-electron chi connectivity index (χ0n) is 12.7. The molecule has 1 N–H and O–H groups in total. The van der Waals surface area contributed by atoms with Crippen molar-refractivity contribution in [1.82, 2.24) is 0 Å². The second kappa shape index (κ2) is 5.62. The molecule has 1 aliphatic carbocycles. The Labute approximate surface area is 136 Å². The largest absolute Gasteiger partial charge is 0.381 e. The van der Waals surface area contributed by atoms with E-state index in [9.17, 15) is 0 Å². The highest BCUT2D eigenvalue weighted by Crippen LogP contribution is 2.37. The Balaban J connectivity index is 1.51. The SMILES string of the molecule is N#Cc1ccc(CNc2ccc3c(c2)Cc2ccccc2-3)cc1. The lowest BCUT2D eigenvalue weighted by molar-refractivity contribution is 1.14. The van der Waals surface area contributed by atoms with Crippen molar-refractivity contribution in [2.45, 2.75) is 13.0 Å². The molecule has 0 radical (unpaired) electrons. The molecule has 1 aliphatic rings. The Morgan fingerprint density at radius 1 is 0.870 bits per heavy atom. The van der Waals surface area contributed by atoms with Gasteiger partial charge in [-0.25, -0.2) is 0 Å². The lowest BCUT2D eigenvalue weighted by atomic mass is 10.1. The minimum Gasteiger partial charge on any atom is -0.381 e. The van der Waals surface area contributed by atoms with Crippen LogP contribution in [0.25, 0.3) is 11.1 Å². The van der Waals surface area contributed by atoms with E-state index in [1.54, 1.807) is 0 Å². The van der Waals surface area contributed by atoms with Gasteiger partial charge < -0.3 is 5.32 Å². The molecule has 0 atom stereocenters. The normalized spacial score (nSPS) is 11.4. The summed E-state index contributed by atoms with van der Waals surface area (Å²) in [5.41, 5.74) is 8.52. The maximum atomic E-state index is 8.83. The summed E-state index contributed by atoms with van der Waals surface area (Å²) in [6.45, 7) is 0.761. The zero-order valence-corrected chi connectivity index (χ0v) is 12.7. The van der Waals surface area contributed by atoms with Crippen molar-refractivity contribution in [1.29, 1.82) is 5.26 Å². The molecule has 4 rings (SSSR count). The van der Waals surface area contributed by atoms with Crippen molar-refractivity contribution in [2.75, 3.05) is 5.32 Å². The van der Waals surface area contributed by atoms with Crippen LogP contribution in [-0.2, 0) is 13.0 Å². The van der Waals surface area contributed by atoms with Gasteiger partial charge in [-0.05, 0) is 58.5 Å². The number of hydrogen-bond donors (Lipinski definition) is 1. The average molecular weight is 296 g/mol. The number of anilines is 1. The maximum absolute atomic E-state index is 8.83. The van der Waals surface area contributed by atoms with Crippen LogP contribution in [0.4, 0.5) is 5.69 Å². The van der Waals surface area contributed by atoms with Crippen LogP contribution in [0.1, 0.15) is 22.3 Å². The fraction of sp³-hybridized carbons (Fsp3) is 0.0952. The summed E-state index contributed by atoms with van der Waals surface area (Å²) in [5, 5.41) is 12.3. The van der Waals surface area contributed by atoms with E-state index in [1.807, 2.05) is 24.3 Å². The third kappa shape index (κ3) is 2.58. The zero-order chi connectivity index (χ0) is 15.6. The van der Waals surface area contributed by atoms with Crippen LogP contribution in [0.3, 0.4) is 0 Å². The van der Waals surface area contributed by atoms with Crippen LogP contribution in [0.2, 0.25) is 0 Å². The second-order valence-corrected chi connectivity index (χ2v) is 5.87. The molecule has 2 nitrogen and oxygen atoms in total. The van der Waals surface area contributed by atoms with Gasteiger partial charge >= 0.3 is 0 Å². The fourth-order valence-corrected chi connectivity index (χ4v) is 3.16. The number of benzene rings is 3. The Morgan fingerprint density at radius 3 is 2.48 bits per heavy atom. The van der Waals surface area contributed by atoms with Crippen molar-refractivity contribution in [2.24, 2.45) is 0 Å². The van der Waals surface area contributed by atoms with Gasteiger partial charge in [0.1, 0.15) is 0 Å². The van der Waals surface area contributed by atoms with Gasteiger partial charge in [0, 0.05) is 12.2 Å². The molecule has 3 aromatic carbocycles. The molecule has 0 heterocycles. The fourth-order valence-electron chi connectivity index (χ4n) is 3.16. The predicted molar refractivity (Wildman–Crippen MR) is 93.2 cm³/mol. The van der Waals surface area contributed by atoms with Crippen molar-refractivity contribution in [3.8, 4) is 17.2 Å². The summed E-state index contributed by atoms with van der Waals surface area (Å²) >= 11 is 0. The van der Waals surface area contributed by atoms with Crippen molar-refractivity contribution >= 4 is 5.69 Å². The van der Waals surface area contributed by atoms with Crippen molar-refractivity contribution in [3.05, 3.63) is 89.0 Å². The summed E-state index contributed by atoms with van der Waals surface area (Å²) < 4.78 is 0. The molecule has 0 spiro atoms. The molecule has 0 bridgehead atoms. The molecule has 0 aliphatic heterocycles. The van der Waals surface area contributed by atoms with Crippen LogP contribution >= 0.6 is 0 Å². The molecular formula is C21H16N2. The topological polar surface area (TPSA) is 35.8 Å². The van der Waals surface area contributed by atoms with Gasteiger partial charge in [-0.1, -0.05) is 42.5 Å². The minimum absolute atomic E-state index is 0.698. The Morgan fingerprint density at radius 2 is 1.65 bits per heavy atom. The van der Waals surface area contributed by atoms with E-state index in [2.05, 4.69) is 53.9 Å². The van der Waals surface area contributed by atoms with Gasteiger partial charge in [0.2, 0.25) is 0 Å². The summed E-state index contributed by atoms with van der Waals surface area (Å²) in [6.07, 6.45) is 1.01. The third-order valence-electron chi connectivity index (χ3n) is 4.37. The van der Waals surface area contributed by atoms with E-state index >= 15 is 0 Å². The summed E-state index contributed by atoms with van der Waals surface area (Å²) in [6, 6.07) is 25.1. The first-order valence-electron chi connectivity index (χ1n) is 7.77. The van der Waals surface area contributed by atoms with Crippen LogP contribution in [-0.4, -0.2) is 0 Å². The Bertz CT molecular complexity index is 902. The van der Waals surface area contributed by atoms with Gasteiger partial charge in [0.15, 0.2) is 0 Å². The molecule has 3 aromatic rings. The highest BCUT2D eigenvalue weighted by molar-refractivity contribution is 5.78. The standard InChI is InChI=1S/C21H16N2/c22-13-15-5-7-16(8-6-15)14-23-19-9-10-21-18(12-19)11-17-3-1-2-4-20(17)21/h1-10,12,23H,11,14H2. The first-order chi connectivity index (χ1) is 11.3. The summed E-state index contributed by atoms with van der Waals surface area (Å²) in [5.74, 6) is 0. The van der Waals surface area contributed by atoms with Crippen LogP contribution in [0, 0.1) is 11.3 Å². The van der Waals surface area contributed by atoms with Gasteiger partial charge in [-0.3, -0.25) is 0 Å². The number of nitrogens with one attached hydrogen (secondary N) is 1. The molecule has 0 amide bonds. The number of fused-ring (bicyclic) bond motifs is 3. The predicted octanol–water partition coefficient (Wildman–Crippen LogP) is 4.74. The Kier molecular flexibility index (Phi) is 3.33. The van der Waals surface area contributed by atoms with Gasteiger partial charge in [0.25, 0.3) is 0 Å². The third-order valence-corrected chi connectivity index (χ3v) is 4.37.